The first-order valence-corrected chi connectivity index (χ1v) is 10.4. The quantitative estimate of drug-likeness (QED) is 0.228. The maximum Gasteiger partial charge on any atom is 0.295 e. The fraction of sp³-hybridized carbons (Fsp3) is 0.182. The predicted octanol–water partition coefficient (Wildman–Crippen LogP) is 4.40. The molecule has 0 spiro atoms. The number of alkyl halides is 1. The first kappa shape index (κ1) is 20.2. The number of halogens is 1. The van der Waals surface area contributed by atoms with Gasteiger partial charge < -0.3 is 15.3 Å². The SMILES string of the molecule is CC(Br)(PC(c1ccccc1)(c1ccccc1)c1ccccc1)C(O)(O)O. The third kappa shape index (κ3) is 4.01. The molecule has 5 heteroatoms. The molecule has 3 aromatic carbocycles. The summed E-state index contributed by atoms with van der Waals surface area (Å²) >= 11 is 3.39. The van der Waals surface area contributed by atoms with Gasteiger partial charge in [-0.3, -0.25) is 0 Å². The minimum Gasteiger partial charge on any atom is -0.342 e. The van der Waals surface area contributed by atoms with Crippen LogP contribution in [0.25, 0.3) is 0 Å². The van der Waals surface area contributed by atoms with Crippen LogP contribution in [0.4, 0.5) is 0 Å². The highest BCUT2D eigenvalue weighted by molar-refractivity contribution is 9.11. The van der Waals surface area contributed by atoms with Gasteiger partial charge in [0.2, 0.25) is 0 Å². The lowest BCUT2D eigenvalue weighted by molar-refractivity contribution is -0.313. The Labute approximate surface area is 169 Å². The Hall–Kier alpha value is -1.55. The number of aliphatic hydroxyl groups is 3. The smallest absolute Gasteiger partial charge is 0.295 e. The van der Waals surface area contributed by atoms with Crippen molar-refractivity contribution in [3.8, 4) is 0 Å². The Bertz CT molecular complexity index is 766. The van der Waals surface area contributed by atoms with Crippen LogP contribution in [0.1, 0.15) is 23.6 Å². The van der Waals surface area contributed by atoms with E-state index in [9.17, 15) is 15.3 Å². The van der Waals surface area contributed by atoms with E-state index in [1.807, 2.05) is 91.0 Å². The molecule has 0 aliphatic heterocycles. The number of rotatable bonds is 6. The van der Waals surface area contributed by atoms with Gasteiger partial charge in [-0.25, -0.2) is 0 Å². The molecule has 3 nitrogen and oxygen atoms in total. The molecule has 0 amide bonds. The van der Waals surface area contributed by atoms with Crippen LogP contribution in [0.3, 0.4) is 0 Å². The third-order valence-electron chi connectivity index (χ3n) is 4.67. The fourth-order valence-electron chi connectivity index (χ4n) is 3.22. The van der Waals surface area contributed by atoms with Crippen molar-refractivity contribution in [2.75, 3.05) is 0 Å². The highest BCUT2D eigenvalue weighted by Gasteiger charge is 2.50. The molecule has 0 heterocycles. The number of hydrogen-bond donors (Lipinski definition) is 3. The van der Waals surface area contributed by atoms with E-state index < -0.39 is 15.2 Å². The van der Waals surface area contributed by atoms with Gasteiger partial charge in [-0.15, -0.1) is 0 Å². The molecule has 2 atom stereocenters. The van der Waals surface area contributed by atoms with Crippen molar-refractivity contribution in [3.63, 3.8) is 0 Å². The predicted molar refractivity (Wildman–Crippen MR) is 114 cm³/mol. The van der Waals surface area contributed by atoms with Crippen LogP contribution >= 0.6 is 24.5 Å². The highest BCUT2D eigenvalue weighted by Crippen LogP contribution is 2.61. The fourth-order valence-corrected chi connectivity index (χ4v) is 5.91. The maximum absolute atomic E-state index is 10.0. The van der Waals surface area contributed by atoms with E-state index in [0.29, 0.717) is 0 Å². The molecular weight excluding hydrogens is 423 g/mol. The van der Waals surface area contributed by atoms with E-state index in [4.69, 9.17) is 0 Å². The van der Waals surface area contributed by atoms with E-state index in [1.54, 1.807) is 6.92 Å². The van der Waals surface area contributed by atoms with E-state index >= 15 is 0 Å². The summed E-state index contributed by atoms with van der Waals surface area (Å²) in [4.78, 5) is 0. The molecule has 0 saturated carbocycles. The summed E-state index contributed by atoms with van der Waals surface area (Å²) in [5.74, 6) is -2.88. The third-order valence-corrected chi connectivity index (χ3v) is 7.85. The molecule has 3 N–H and O–H groups in total. The largest absolute Gasteiger partial charge is 0.342 e. The molecule has 2 unspecified atom stereocenters. The molecule has 0 radical (unpaired) electrons. The summed E-state index contributed by atoms with van der Waals surface area (Å²) in [5.41, 5.74) is 3.03. The summed E-state index contributed by atoms with van der Waals surface area (Å²) in [6.07, 6.45) is 0. The van der Waals surface area contributed by atoms with Crippen LogP contribution in [0.2, 0.25) is 0 Å². The van der Waals surface area contributed by atoms with Crippen molar-refractivity contribution in [3.05, 3.63) is 108 Å². The lowest BCUT2D eigenvalue weighted by Gasteiger charge is -2.43. The molecule has 3 aromatic rings. The van der Waals surface area contributed by atoms with Gasteiger partial charge in [-0.2, -0.15) is 0 Å². The first-order chi connectivity index (χ1) is 12.8. The minimum atomic E-state index is -2.88. The molecule has 0 aromatic heterocycles. The van der Waals surface area contributed by atoms with Crippen molar-refractivity contribution in [1.82, 2.24) is 0 Å². The molecule has 3 rings (SSSR count). The molecule has 0 saturated heterocycles. The highest BCUT2D eigenvalue weighted by atomic mass is 79.9. The van der Waals surface area contributed by atoms with Crippen LogP contribution in [0, 0.1) is 0 Å². The molecule has 27 heavy (non-hydrogen) atoms. The molecule has 0 aliphatic carbocycles. The van der Waals surface area contributed by atoms with Crippen molar-refractivity contribution in [1.29, 1.82) is 0 Å². The Balaban J connectivity index is 2.33. The second-order valence-electron chi connectivity index (χ2n) is 6.61. The first-order valence-electron chi connectivity index (χ1n) is 8.59. The van der Waals surface area contributed by atoms with Gasteiger partial charge in [0, 0.05) is 0 Å². The Kier molecular flexibility index (Phi) is 5.85. The van der Waals surface area contributed by atoms with Crippen LogP contribution in [0.5, 0.6) is 0 Å². The van der Waals surface area contributed by atoms with Crippen molar-refractivity contribution < 1.29 is 15.3 Å². The average molecular weight is 445 g/mol. The zero-order chi connectivity index (χ0) is 19.5. The summed E-state index contributed by atoms with van der Waals surface area (Å²) in [6, 6.07) is 29.9. The van der Waals surface area contributed by atoms with Crippen molar-refractivity contribution >= 4 is 24.5 Å². The van der Waals surface area contributed by atoms with E-state index in [0.717, 1.165) is 16.7 Å². The summed E-state index contributed by atoms with van der Waals surface area (Å²) < 4.78 is -1.36. The lowest BCUT2D eigenvalue weighted by atomic mass is 9.84. The van der Waals surface area contributed by atoms with Crippen LogP contribution in [-0.4, -0.2) is 25.4 Å². The normalized spacial score (nSPS) is 15.0. The number of hydrogen-bond acceptors (Lipinski definition) is 3. The maximum atomic E-state index is 10.0. The van der Waals surface area contributed by atoms with Gasteiger partial charge in [0.05, 0.1) is 5.16 Å². The van der Waals surface area contributed by atoms with Crippen LogP contribution in [0.15, 0.2) is 91.0 Å². The van der Waals surface area contributed by atoms with Gasteiger partial charge in [0.25, 0.3) is 5.97 Å². The van der Waals surface area contributed by atoms with E-state index in [-0.39, 0.29) is 8.58 Å². The van der Waals surface area contributed by atoms with E-state index in [1.165, 1.54) is 0 Å². The standard InChI is InChI=1S/C22H22BrO3P/c1-20(23,22(24,25)26)27-21(17-11-5-2-6-12-17,18-13-7-3-8-14-18)19-15-9-4-10-16-19/h2-16,24-27H,1H3. The van der Waals surface area contributed by atoms with Crippen molar-refractivity contribution in [2.24, 2.45) is 0 Å². The molecule has 0 bridgehead atoms. The summed E-state index contributed by atoms with van der Waals surface area (Å²) in [5, 5.41) is 29.4. The minimum absolute atomic E-state index is 0.129. The molecular formula is C22H22BrO3P. The van der Waals surface area contributed by atoms with Gasteiger partial charge >= 0.3 is 0 Å². The monoisotopic (exact) mass is 444 g/mol. The Morgan fingerprint density at radius 2 is 0.926 bits per heavy atom. The van der Waals surface area contributed by atoms with E-state index in [2.05, 4.69) is 15.9 Å². The zero-order valence-corrected chi connectivity index (χ0v) is 17.5. The molecule has 140 valence electrons. The molecule has 0 aliphatic rings. The van der Waals surface area contributed by atoms with Gasteiger partial charge in [-0.05, 0) is 23.6 Å². The second kappa shape index (κ2) is 7.83. The topological polar surface area (TPSA) is 60.7 Å². The van der Waals surface area contributed by atoms with Gasteiger partial charge in [-0.1, -0.05) is 116 Å². The Morgan fingerprint density at radius 1 is 0.630 bits per heavy atom. The average Bonchev–Trinajstić information content (AvgIpc) is 2.67. The van der Waals surface area contributed by atoms with Crippen LogP contribution < -0.4 is 0 Å². The van der Waals surface area contributed by atoms with Crippen LogP contribution in [-0.2, 0) is 5.16 Å². The summed E-state index contributed by atoms with van der Waals surface area (Å²) in [7, 11) is -0.129. The van der Waals surface area contributed by atoms with Gasteiger partial charge in [0.1, 0.15) is 4.07 Å². The van der Waals surface area contributed by atoms with Gasteiger partial charge in [0.15, 0.2) is 0 Å². The summed E-state index contributed by atoms with van der Waals surface area (Å²) in [6.45, 7) is 1.59. The number of benzene rings is 3. The van der Waals surface area contributed by atoms with Crippen molar-refractivity contribution in [2.45, 2.75) is 22.1 Å². The second-order valence-corrected chi connectivity index (χ2v) is 10.9. The zero-order valence-electron chi connectivity index (χ0n) is 14.9. The molecule has 0 fully saturated rings. The Morgan fingerprint density at radius 3 is 1.19 bits per heavy atom. The lowest BCUT2D eigenvalue weighted by Crippen LogP contribution is -2.47.